The van der Waals surface area contributed by atoms with Gasteiger partial charge in [0.15, 0.2) is 0 Å². The Labute approximate surface area is 187 Å². The summed E-state index contributed by atoms with van der Waals surface area (Å²) >= 11 is 0. The molecule has 0 saturated heterocycles. The lowest BCUT2D eigenvalue weighted by atomic mass is 9.91. The van der Waals surface area contributed by atoms with E-state index in [-0.39, 0.29) is 0 Å². The van der Waals surface area contributed by atoms with Gasteiger partial charge < -0.3 is 5.11 Å². The SMILES string of the molecule is CCCN(CC(=O)O)S(=O)(=O)C(F)(F)C(F)(F)C(F)(F)C(F)(F)C(F)(F)C(F)(F)C(F)(F)C(F)(F)F. The quantitative estimate of drug-likeness (QED) is 0.318. The van der Waals surface area contributed by atoms with Crippen molar-refractivity contribution < 1.29 is 93.0 Å². The molecule has 0 amide bonds. The Kier molecular flexibility index (Phi) is 8.72. The zero-order valence-electron chi connectivity index (χ0n) is 16.6. The molecule has 0 fully saturated rings. The summed E-state index contributed by atoms with van der Waals surface area (Å²) in [5.41, 5.74) is 0. The van der Waals surface area contributed by atoms with E-state index in [2.05, 4.69) is 0 Å². The van der Waals surface area contributed by atoms with Crippen molar-refractivity contribution in [3.05, 3.63) is 0 Å². The standard InChI is InChI=1S/C13H10F17NO4S/c1-2-3-31(4-5(32)33)36(34,35)13(29,30)11(24,25)9(20,21)7(16,17)6(14,15)8(18,19)10(22,23)12(26,27)28/h2-4H2,1H3,(H,32,33). The Morgan fingerprint density at radius 2 is 0.944 bits per heavy atom. The van der Waals surface area contributed by atoms with Gasteiger partial charge >= 0.3 is 52.9 Å². The number of aliphatic carboxylic acids is 1. The number of hydrogen-bond donors (Lipinski definition) is 1. The molecule has 0 aromatic heterocycles. The van der Waals surface area contributed by atoms with Gasteiger partial charge in [0.25, 0.3) is 10.0 Å². The first-order chi connectivity index (χ1) is 15.4. The fraction of sp³-hybridized carbons (Fsp3) is 0.923. The molecule has 216 valence electrons. The summed E-state index contributed by atoms with van der Waals surface area (Å²) in [6.07, 6.45) is -8.68. The number of carboxylic acids is 1. The molecule has 5 nitrogen and oxygen atoms in total. The highest BCUT2D eigenvalue weighted by Crippen LogP contribution is 2.64. The summed E-state index contributed by atoms with van der Waals surface area (Å²) in [7, 11) is -7.60. The zero-order valence-corrected chi connectivity index (χ0v) is 17.4. The number of carbonyl (C=O) groups is 1. The first-order valence-corrected chi connectivity index (χ1v) is 9.74. The highest BCUT2D eigenvalue weighted by atomic mass is 32.2. The van der Waals surface area contributed by atoms with Crippen LogP contribution >= 0.6 is 0 Å². The van der Waals surface area contributed by atoms with Gasteiger partial charge in [-0.1, -0.05) is 6.92 Å². The van der Waals surface area contributed by atoms with E-state index in [9.17, 15) is 87.8 Å². The molecule has 0 spiro atoms. The van der Waals surface area contributed by atoms with Gasteiger partial charge in [-0.15, -0.1) is 0 Å². The van der Waals surface area contributed by atoms with Crippen molar-refractivity contribution in [1.82, 2.24) is 4.31 Å². The smallest absolute Gasteiger partial charge is 0.460 e. The maximum Gasteiger partial charge on any atom is 0.460 e. The van der Waals surface area contributed by atoms with E-state index < -0.39 is 86.8 Å². The third-order valence-electron chi connectivity index (χ3n) is 4.14. The van der Waals surface area contributed by atoms with Crippen LogP contribution in [0.15, 0.2) is 0 Å². The van der Waals surface area contributed by atoms with Gasteiger partial charge in [0.1, 0.15) is 6.54 Å². The first kappa shape index (κ1) is 34.2. The Balaban J connectivity index is 7.07. The molecule has 0 saturated carbocycles. The van der Waals surface area contributed by atoms with Gasteiger partial charge in [0.2, 0.25) is 0 Å². The first-order valence-electron chi connectivity index (χ1n) is 8.30. The summed E-state index contributed by atoms with van der Waals surface area (Å²) in [5, 5.41) is 0.649. The Bertz CT molecular complexity index is 927. The molecule has 36 heavy (non-hydrogen) atoms. The third-order valence-corrected chi connectivity index (χ3v) is 6.04. The summed E-state index contributed by atoms with van der Waals surface area (Å²) in [4.78, 5) is 10.5. The molecular weight excluding hydrogens is 589 g/mol. The molecule has 0 atom stereocenters. The molecule has 0 unspecified atom stereocenters. The minimum absolute atomic E-state index is 0.766. The molecule has 0 radical (unpaired) electrons. The zero-order chi connectivity index (χ0) is 29.8. The van der Waals surface area contributed by atoms with Crippen molar-refractivity contribution in [2.45, 2.75) is 60.3 Å². The van der Waals surface area contributed by atoms with E-state index in [1.54, 1.807) is 0 Å². The van der Waals surface area contributed by atoms with Crippen LogP contribution < -0.4 is 0 Å². The molecule has 0 aliphatic rings. The molecule has 0 heterocycles. The summed E-state index contributed by atoms with van der Waals surface area (Å²) in [5.74, 6) is -54.7. The molecule has 23 heteroatoms. The van der Waals surface area contributed by atoms with Crippen LogP contribution in [0, 0.1) is 0 Å². The van der Waals surface area contributed by atoms with E-state index >= 15 is 0 Å². The van der Waals surface area contributed by atoms with E-state index in [1.807, 2.05) is 0 Å². The van der Waals surface area contributed by atoms with Crippen LogP contribution in [0.25, 0.3) is 0 Å². The lowest BCUT2D eigenvalue weighted by Crippen LogP contribution is -2.75. The van der Waals surface area contributed by atoms with Crippen LogP contribution in [0.3, 0.4) is 0 Å². The molecule has 0 bridgehead atoms. The Hall–Kier alpha value is -1.81. The predicted octanol–water partition coefficient (Wildman–Crippen LogP) is 5.08. The fourth-order valence-corrected chi connectivity index (χ4v) is 3.64. The number of halogens is 17. The number of sulfonamides is 1. The maximum atomic E-state index is 14.0. The van der Waals surface area contributed by atoms with Gasteiger partial charge in [0, 0.05) is 6.54 Å². The van der Waals surface area contributed by atoms with Crippen molar-refractivity contribution in [2.75, 3.05) is 13.1 Å². The molecule has 1 N–H and O–H groups in total. The van der Waals surface area contributed by atoms with Gasteiger partial charge in [-0.05, 0) is 6.42 Å². The second kappa shape index (κ2) is 9.19. The predicted molar refractivity (Wildman–Crippen MR) is 79.1 cm³/mol. The van der Waals surface area contributed by atoms with Crippen LogP contribution in [0.2, 0.25) is 0 Å². The van der Waals surface area contributed by atoms with E-state index in [1.165, 1.54) is 0 Å². The third kappa shape index (κ3) is 4.52. The molecule has 0 aromatic carbocycles. The minimum atomic E-state index is -8.94. The van der Waals surface area contributed by atoms with Gasteiger partial charge in [0.05, 0.1) is 0 Å². The highest BCUT2D eigenvalue weighted by molar-refractivity contribution is 7.90. The number of carboxylic acid groups (broad SMARTS) is 1. The number of rotatable bonds is 12. The van der Waals surface area contributed by atoms with Gasteiger partial charge in [-0.25, -0.2) is 8.42 Å². The Morgan fingerprint density at radius 3 is 1.22 bits per heavy atom. The van der Waals surface area contributed by atoms with Gasteiger partial charge in [-0.3, -0.25) is 4.79 Å². The largest absolute Gasteiger partial charge is 0.480 e. The molecule has 0 rings (SSSR count). The molecule has 0 aliphatic carbocycles. The molecular formula is C13H10F17NO4S. The van der Waals surface area contributed by atoms with E-state index in [4.69, 9.17) is 5.11 Å². The van der Waals surface area contributed by atoms with Crippen molar-refractivity contribution in [3.63, 3.8) is 0 Å². The van der Waals surface area contributed by atoms with Crippen molar-refractivity contribution >= 4 is 16.0 Å². The highest BCUT2D eigenvalue weighted by Gasteiger charge is 2.96. The van der Waals surface area contributed by atoms with Crippen LogP contribution in [0.1, 0.15) is 13.3 Å². The lowest BCUT2D eigenvalue weighted by molar-refractivity contribution is -0.458. The van der Waals surface area contributed by atoms with Crippen LogP contribution in [-0.2, 0) is 14.8 Å². The average molecular weight is 599 g/mol. The summed E-state index contributed by atoms with van der Waals surface area (Å²) in [6.45, 7) is -2.98. The second-order valence-corrected chi connectivity index (χ2v) is 8.67. The minimum Gasteiger partial charge on any atom is -0.480 e. The fourth-order valence-electron chi connectivity index (χ4n) is 2.16. The number of nitrogens with zero attached hydrogens (tertiary/aromatic N) is 1. The number of alkyl halides is 17. The maximum absolute atomic E-state index is 14.0. The second-order valence-electron chi connectivity index (χ2n) is 6.69. The van der Waals surface area contributed by atoms with Crippen molar-refractivity contribution in [2.24, 2.45) is 0 Å². The summed E-state index contributed by atoms with van der Waals surface area (Å²) in [6, 6.07) is 0. The summed E-state index contributed by atoms with van der Waals surface area (Å²) < 4.78 is 247. The average Bonchev–Trinajstić information content (AvgIpc) is 2.65. The van der Waals surface area contributed by atoms with Gasteiger partial charge in [-0.2, -0.15) is 78.9 Å². The van der Waals surface area contributed by atoms with Crippen LogP contribution in [0.4, 0.5) is 74.6 Å². The monoisotopic (exact) mass is 599 g/mol. The van der Waals surface area contributed by atoms with Crippen molar-refractivity contribution in [1.29, 1.82) is 0 Å². The van der Waals surface area contributed by atoms with Crippen LogP contribution in [0.5, 0.6) is 0 Å². The van der Waals surface area contributed by atoms with Crippen molar-refractivity contribution in [3.8, 4) is 0 Å². The normalized spacial score (nSPS) is 16.0. The number of hydrogen-bond acceptors (Lipinski definition) is 3. The molecule has 0 aliphatic heterocycles. The van der Waals surface area contributed by atoms with E-state index in [0.29, 0.717) is 0 Å². The molecule has 0 aromatic rings. The lowest BCUT2D eigenvalue weighted by Gasteiger charge is -2.42. The Morgan fingerprint density at radius 1 is 0.639 bits per heavy atom. The topological polar surface area (TPSA) is 74.7 Å². The van der Waals surface area contributed by atoms with E-state index in [0.717, 1.165) is 6.92 Å². The van der Waals surface area contributed by atoms with Crippen LogP contribution in [-0.4, -0.2) is 83.9 Å².